The van der Waals surface area contributed by atoms with Gasteiger partial charge in [0, 0.05) is 37.3 Å². The molecule has 1 saturated carbocycles. The van der Waals surface area contributed by atoms with Crippen LogP contribution in [0.25, 0.3) is 0 Å². The van der Waals surface area contributed by atoms with Crippen LogP contribution in [-0.4, -0.2) is 66.1 Å². The first kappa shape index (κ1) is 29.0. The van der Waals surface area contributed by atoms with E-state index in [1.165, 1.54) is 16.4 Å². The van der Waals surface area contributed by atoms with Crippen molar-refractivity contribution in [2.24, 2.45) is 0 Å². The van der Waals surface area contributed by atoms with Gasteiger partial charge in [0.25, 0.3) is 5.91 Å². The summed E-state index contributed by atoms with van der Waals surface area (Å²) in [6.45, 7) is 4.81. The molecule has 7 nitrogen and oxygen atoms in total. The molecule has 2 aliphatic rings. The zero-order chi connectivity index (χ0) is 29.1. The second kappa shape index (κ2) is 12.1. The highest BCUT2D eigenvalue weighted by atomic mass is 32.2. The number of halogens is 1. The Morgan fingerprint density at radius 2 is 1.37 bits per heavy atom. The number of hydrogen-bond acceptors (Lipinski definition) is 4. The molecule has 0 unspecified atom stereocenters. The Morgan fingerprint density at radius 3 is 1.93 bits per heavy atom. The molecular formula is C32H36FN3O4S. The second-order valence-electron chi connectivity index (χ2n) is 11.1. The van der Waals surface area contributed by atoms with E-state index in [1.54, 1.807) is 46.2 Å². The van der Waals surface area contributed by atoms with Gasteiger partial charge >= 0.3 is 0 Å². The van der Waals surface area contributed by atoms with Gasteiger partial charge in [0.1, 0.15) is 5.82 Å². The van der Waals surface area contributed by atoms with Gasteiger partial charge in [-0.3, -0.25) is 9.59 Å². The van der Waals surface area contributed by atoms with Crippen molar-refractivity contribution in [1.29, 1.82) is 0 Å². The number of amides is 2. The molecule has 41 heavy (non-hydrogen) atoms. The van der Waals surface area contributed by atoms with Gasteiger partial charge in [-0.1, -0.05) is 47.5 Å². The second-order valence-corrected chi connectivity index (χ2v) is 13.0. The third kappa shape index (κ3) is 6.85. The minimum Gasteiger partial charge on any atom is -0.338 e. The molecule has 3 aromatic rings. The highest BCUT2D eigenvalue weighted by Crippen LogP contribution is 2.33. The lowest BCUT2D eigenvalue weighted by Gasteiger charge is -2.39. The van der Waals surface area contributed by atoms with Crippen LogP contribution in [0.4, 0.5) is 4.39 Å². The fourth-order valence-electron chi connectivity index (χ4n) is 5.31. The van der Waals surface area contributed by atoms with Crippen LogP contribution < -0.4 is 0 Å². The van der Waals surface area contributed by atoms with Crippen molar-refractivity contribution in [2.75, 3.05) is 19.6 Å². The Hall–Kier alpha value is -3.56. The summed E-state index contributed by atoms with van der Waals surface area (Å²) in [5.74, 6) is -0.692. The summed E-state index contributed by atoms with van der Waals surface area (Å²) in [4.78, 5) is 30.7. The minimum absolute atomic E-state index is 0.0380. The van der Waals surface area contributed by atoms with Gasteiger partial charge in [-0.2, -0.15) is 4.31 Å². The number of rotatable bonds is 9. The fraction of sp³-hybridized carbons (Fsp3) is 0.375. The summed E-state index contributed by atoms with van der Waals surface area (Å²) in [5.41, 5.74) is 3.43. The van der Waals surface area contributed by atoms with Crippen molar-refractivity contribution in [3.8, 4) is 0 Å². The Morgan fingerprint density at radius 1 is 0.805 bits per heavy atom. The number of aryl methyl sites for hydroxylation is 2. The normalized spacial score (nSPS) is 16.1. The van der Waals surface area contributed by atoms with E-state index in [1.807, 2.05) is 38.1 Å². The molecule has 1 saturated heterocycles. The van der Waals surface area contributed by atoms with Gasteiger partial charge in [0.2, 0.25) is 15.9 Å². The van der Waals surface area contributed by atoms with Crippen molar-refractivity contribution in [3.63, 3.8) is 0 Å². The lowest BCUT2D eigenvalue weighted by atomic mass is 10.0. The molecular weight excluding hydrogens is 541 g/mol. The first-order valence-corrected chi connectivity index (χ1v) is 15.5. The molecule has 1 aliphatic carbocycles. The summed E-state index contributed by atoms with van der Waals surface area (Å²) in [7, 11) is -3.86. The quantitative estimate of drug-likeness (QED) is 0.362. The van der Waals surface area contributed by atoms with Gasteiger partial charge < -0.3 is 9.80 Å². The number of likely N-dealkylation sites (tertiary alicyclic amines) is 1. The molecule has 0 radical (unpaired) electrons. The van der Waals surface area contributed by atoms with Gasteiger partial charge in [0.15, 0.2) is 0 Å². The lowest BCUT2D eigenvalue weighted by molar-refractivity contribution is -0.135. The molecule has 3 aromatic carbocycles. The molecule has 0 spiro atoms. The van der Waals surface area contributed by atoms with Crippen molar-refractivity contribution in [3.05, 3.63) is 101 Å². The maximum Gasteiger partial charge on any atom is 0.253 e. The predicted octanol–water partition coefficient (Wildman–Crippen LogP) is 4.93. The monoisotopic (exact) mass is 577 g/mol. The predicted molar refractivity (Wildman–Crippen MR) is 155 cm³/mol. The van der Waals surface area contributed by atoms with E-state index in [2.05, 4.69) is 0 Å². The van der Waals surface area contributed by atoms with Gasteiger partial charge in [-0.15, -0.1) is 0 Å². The smallest absolute Gasteiger partial charge is 0.253 e. The highest BCUT2D eigenvalue weighted by molar-refractivity contribution is 7.89. The molecule has 216 valence electrons. The zero-order valence-corrected chi connectivity index (χ0v) is 24.3. The summed E-state index contributed by atoms with van der Waals surface area (Å²) in [6, 6.07) is 19.8. The standard InChI is InChI=1S/C32H36FN3O4S/c1-23-3-9-26(10-4-23)32(38)34-19-17-28(18-20-34)35(21-25-7-11-27(33)12-8-25)31(37)22-36(29-13-14-29)41(39,40)30-15-5-24(2)6-16-30/h3-12,15-16,28-29H,13-14,17-22H2,1-2H3. The summed E-state index contributed by atoms with van der Waals surface area (Å²) < 4.78 is 42.1. The molecule has 0 N–H and O–H groups in total. The largest absolute Gasteiger partial charge is 0.338 e. The van der Waals surface area contributed by atoms with Gasteiger partial charge in [-0.25, -0.2) is 12.8 Å². The lowest BCUT2D eigenvalue weighted by Crippen LogP contribution is -2.51. The first-order valence-electron chi connectivity index (χ1n) is 14.1. The number of piperidine rings is 1. The van der Waals surface area contributed by atoms with Gasteiger partial charge in [0.05, 0.1) is 11.4 Å². The number of nitrogens with zero attached hydrogens (tertiary/aromatic N) is 3. The van der Waals surface area contributed by atoms with Crippen LogP contribution in [0.15, 0.2) is 77.7 Å². The maximum atomic E-state index is 13.9. The van der Waals surface area contributed by atoms with E-state index < -0.39 is 10.0 Å². The molecule has 0 aromatic heterocycles. The Bertz CT molecular complexity index is 1480. The number of carbonyl (C=O) groups excluding carboxylic acids is 2. The van der Waals surface area contributed by atoms with E-state index >= 15 is 0 Å². The molecule has 9 heteroatoms. The van der Waals surface area contributed by atoms with Crippen LogP contribution in [0.3, 0.4) is 0 Å². The molecule has 2 fully saturated rings. The summed E-state index contributed by atoms with van der Waals surface area (Å²) in [5, 5.41) is 0. The highest BCUT2D eigenvalue weighted by Gasteiger charge is 2.41. The number of hydrogen-bond donors (Lipinski definition) is 0. The molecule has 0 atom stereocenters. The van der Waals surface area contributed by atoms with Gasteiger partial charge in [-0.05, 0) is 81.5 Å². The van der Waals surface area contributed by atoms with E-state index in [-0.39, 0.29) is 47.7 Å². The number of carbonyl (C=O) groups is 2. The van der Waals surface area contributed by atoms with E-state index in [9.17, 15) is 22.4 Å². The maximum absolute atomic E-state index is 13.9. The van der Waals surface area contributed by atoms with Crippen molar-refractivity contribution in [1.82, 2.24) is 14.1 Å². The van der Waals surface area contributed by atoms with E-state index in [4.69, 9.17) is 0 Å². The Balaban J connectivity index is 1.34. The molecule has 2 amide bonds. The molecule has 1 aliphatic heterocycles. The topological polar surface area (TPSA) is 78.0 Å². The van der Waals surface area contributed by atoms with Crippen molar-refractivity contribution >= 4 is 21.8 Å². The third-order valence-corrected chi connectivity index (χ3v) is 9.86. The SMILES string of the molecule is Cc1ccc(C(=O)N2CCC(N(Cc3ccc(F)cc3)C(=O)CN(C3CC3)S(=O)(=O)c3ccc(C)cc3)CC2)cc1. The van der Waals surface area contributed by atoms with Crippen LogP contribution in [0.2, 0.25) is 0 Å². The average molecular weight is 578 g/mol. The first-order chi connectivity index (χ1) is 19.6. The number of sulfonamides is 1. The Labute approximate surface area is 241 Å². The van der Waals surface area contributed by atoms with Crippen LogP contribution in [0.5, 0.6) is 0 Å². The molecule has 1 heterocycles. The average Bonchev–Trinajstić information content (AvgIpc) is 3.81. The summed E-state index contributed by atoms with van der Waals surface area (Å²) in [6.07, 6.45) is 2.57. The molecule has 5 rings (SSSR count). The van der Waals surface area contributed by atoms with Crippen LogP contribution in [-0.2, 0) is 21.4 Å². The molecule has 0 bridgehead atoms. The van der Waals surface area contributed by atoms with Crippen molar-refractivity contribution < 1.29 is 22.4 Å². The number of benzene rings is 3. The minimum atomic E-state index is -3.86. The van der Waals surface area contributed by atoms with E-state index in [0.717, 1.165) is 29.5 Å². The fourth-order valence-corrected chi connectivity index (χ4v) is 6.94. The van der Waals surface area contributed by atoms with Crippen LogP contribution in [0.1, 0.15) is 52.7 Å². The van der Waals surface area contributed by atoms with Crippen LogP contribution in [0, 0.1) is 19.7 Å². The van der Waals surface area contributed by atoms with E-state index in [0.29, 0.717) is 31.5 Å². The zero-order valence-electron chi connectivity index (χ0n) is 23.5. The third-order valence-electron chi connectivity index (χ3n) is 7.95. The Kier molecular flexibility index (Phi) is 8.56. The van der Waals surface area contributed by atoms with Crippen LogP contribution >= 0.6 is 0 Å². The summed E-state index contributed by atoms with van der Waals surface area (Å²) >= 11 is 0. The van der Waals surface area contributed by atoms with Crippen molar-refractivity contribution in [2.45, 2.75) is 63.1 Å².